The van der Waals surface area contributed by atoms with Gasteiger partial charge in [0.15, 0.2) is 0 Å². The lowest BCUT2D eigenvalue weighted by Crippen LogP contribution is -2.37. The number of carbonyl (C=O) groups is 1. The molecule has 94 valence electrons. The van der Waals surface area contributed by atoms with E-state index < -0.39 is 0 Å². The van der Waals surface area contributed by atoms with Crippen LogP contribution in [-0.4, -0.2) is 5.91 Å². The predicted molar refractivity (Wildman–Crippen MR) is 71.5 cm³/mol. The number of hydrogen-bond donors (Lipinski definition) is 1. The summed E-state index contributed by atoms with van der Waals surface area (Å²) >= 11 is 0. The average Bonchev–Trinajstić information content (AvgIpc) is 2.38. The van der Waals surface area contributed by atoms with Gasteiger partial charge in [-0.15, -0.1) is 0 Å². The van der Waals surface area contributed by atoms with Gasteiger partial charge in [0.05, 0.1) is 5.69 Å². The summed E-state index contributed by atoms with van der Waals surface area (Å²) in [5.41, 5.74) is 0.756. The van der Waals surface area contributed by atoms with Crippen LogP contribution in [0.2, 0.25) is 0 Å². The molecule has 17 heavy (non-hydrogen) atoms. The Balaban J connectivity index is 2.28. The van der Waals surface area contributed by atoms with Crippen LogP contribution in [0.4, 0.5) is 5.69 Å². The Morgan fingerprint density at radius 3 is 2.41 bits per heavy atom. The van der Waals surface area contributed by atoms with Crippen LogP contribution < -0.4 is 10.9 Å². The van der Waals surface area contributed by atoms with Gasteiger partial charge in [-0.2, -0.15) is 0 Å². The van der Waals surface area contributed by atoms with Crippen molar-refractivity contribution in [3.8, 4) is 0 Å². The van der Waals surface area contributed by atoms with Gasteiger partial charge in [0.1, 0.15) is 0 Å². The predicted octanol–water partition coefficient (Wildman–Crippen LogP) is 3.25. The Kier molecular flexibility index (Phi) is 6.33. The average molecular weight is 234 g/mol. The molecule has 2 N–H and O–H groups in total. The highest BCUT2D eigenvalue weighted by Crippen LogP contribution is 2.12. The number of nitrogens with two attached hydrogens (primary N) is 1. The molecule has 0 bridgehead atoms. The van der Waals surface area contributed by atoms with Crippen LogP contribution in [-0.2, 0) is 4.79 Å². The summed E-state index contributed by atoms with van der Waals surface area (Å²) in [6.07, 6.45) is 6.26. The molecule has 0 aliphatic carbocycles. The second kappa shape index (κ2) is 7.85. The minimum absolute atomic E-state index is 0.00676. The van der Waals surface area contributed by atoms with Gasteiger partial charge in [0.25, 0.3) is 0 Å². The van der Waals surface area contributed by atoms with Crippen LogP contribution in [0.5, 0.6) is 0 Å². The van der Waals surface area contributed by atoms with Gasteiger partial charge in [-0.05, 0) is 18.6 Å². The summed E-state index contributed by atoms with van der Waals surface area (Å²) in [5, 5.41) is 1.25. The Morgan fingerprint density at radius 1 is 1.12 bits per heavy atom. The van der Waals surface area contributed by atoms with Gasteiger partial charge in [-0.25, -0.2) is 10.9 Å². The summed E-state index contributed by atoms with van der Waals surface area (Å²) in [6.45, 7) is 2.18. The maximum Gasteiger partial charge on any atom is 0.241 e. The molecule has 0 aromatic heterocycles. The van der Waals surface area contributed by atoms with Crippen LogP contribution in [0.3, 0.4) is 0 Å². The number of rotatable bonds is 7. The molecule has 1 amide bonds. The summed E-state index contributed by atoms with van der Waals surface area (Å²) in [5.74, 6) is 5.76. The third kappa shape index (κ3) is 5.00. The molecular formula is C14H22N2O. The minimum atomic E-state index is -0.00676. The molecule has 0 radical (unpaired) electrons. The molecule has 1 rings (SSSR count). The van der Waals surface area contributed by atoms with Crippen molar-refractivity contribution in [3.63, 3.8) is 0 Å². The molecule has 3 heteroatoms. The van der Waals surface area contributed by atoms with Crippen molar-refractivity contribution in [3.05, 3.63) is 30.3 Å². The summed E-state index contributed by atoms with van der Waals surface area (Å²) in [4.78, 5) is 11.8. The normalized spacial score (nSPS) is 10.2. The van der Waals surface area contributed by atoms with Gasteiger partial charge in [-0.1, -0.05) is 50.8 Å². The molecule has 0 unspecified atom stereocenters. The molecule has 1 aromatic carbocycles. The fraction of sp³-hybridized carbons (Fsp3) is 0.500. The molecule has 0 aliphatic rings. The number of hydrogen-bond acceptors (Lipinski definition) is 2. The zero-order chi connectivity index (χ0) is 12.5. The molecule has 0 aliphatic heterocycles. The van der Waals surface area contributed by atoms with Crippen molar-refractivity contribution < 1.29 is 4.79 Å². The molecule has 0 heterocycles. The first-order chi connectivity index (χ1) is 8.25. The van der Waals surface area contributed by atoms with Gasteiger partial charge >= 0.3 is 0 Å². The molecule has 1 aromatic rings. The minimum Gasteiger partial charge on any atom is -0.273 e. The highest BCUT2D eigenvalue weighted by atomic mass is 16.2. The van der Waals surface area contributed by atoms with E-state index in [0.717, 1.165) is 18.5 Å². The Labute approximate surface area is 104 Å². The Bertz CT molecular complexity index is 324. The zero-order valence-corrected chi connectivity index (χ0v) is 10.6. The lowest BCUT2D eigenvalue weighted by molar-refractivity contribution is -0.118. The van der Waals surface area contributed by atoms with E-state index in [0.29, 0.717) is 6.42 Å². The quantitative estimate of drug-likeness (QED) is 0.341. The van der Waals surface area contributed by atoms with Crippen LogP contribution in [0.1, 0.15) is 45.4 Å². The van der Waals surface area contributed by atoms with Crippen molar-refractivity contribution >= 4 is 11.6 Å². The fourth-order valence-corrected chi connectivity index (χ4v) is 1.73. The molecular weight excluding hydrogens is 212 g/mol. The molecule has 3 nitrogen and oxygen atoms in total. The van der Waals surface area contributed by atoms with Gasteiger partial charge < -0.3 is 0 Å². The van der Waals surface area contributed by atoms with Crippen molar-refractivity contribution in [2.45, 2.75) is 45.4 Å². The van der Waals surface area contributed by atoms with Gasteiger partial charge in [-0.3, -0.25) is 4.79 Å². The number of anilines is 1. The van der Waals surface area contributed by atoms with E-state index >= 15 is 0 Å². The van der Waals surface area contributed by atoms with Crippen LogP contribution in [0, 0.1) is 0 Å². The number of para-hydroxylation sites is 1. The number of benzene rings is 1. The van der Waals surface area contributed by atoms with E-state index in [9.17, 15) is 4.79 Å². The number of nitrogens with zero attached hydrogens (tertiary/aromatic N) is 1. The molecule has 0 atom stereocenters. The SMILES string of the molecule is CCCCCCCC(=O)N(N)c1ccccc1. The second-order valence-corrected chi connectivity index (χ2v) is 4.26. The van der Waals surface area contributed by atoms with Crippen LogP contribution >= 0.6 is 0 Å². The van der Waals surface area contributed by atoms with E-state index in [2.05, 4.69) is 6.92 Å². The molecule has 0 spiro atoms. The standard InChI is InChI=1S/C14H22N2O/c1-2-3-4-5-9-12-14(17)16(15)13-10-7-6-8-11-13/h6-8,10-11H,2-5,9,12,15H2,1H3. The molecule has 0 saturated carbocycles. The van der Waals surface area contributed by atoms with E-state index in [1.54, 1.807) is 0 Å². The maximum atomic E-state index is 11.8. The highest BCUT2D eigenvalue weighted by molar-refractivity contribution is 5.91. The largest absolute Gasteiger partial charge is 0.273 e. The smallest absolute Gasteiger partial charge is 0.241 e. The lowest BCUT2D eigenvalue weighted by atomic mass is 10.1. The van der Waals surface area contributed by atoms with E-state index in [4.69, 9.17) is 5.84 Å². The molecule has 0 fully saturated rings. The first-order valence-electron chi connectivity index (χ1n) is 6.38. The lowest BCUT2D eigenvalue weighted by Gasteiger charge is -2.16. The number of hydrazine groups is 1. The van der Waals surface area contributed by atoms with E-state index in [-0.39, 0.29) is 5.91 Å². The van der Waals surface area contributed by atoms with Gasteiger partial charge in [0.2, 0.25) is 5.91 Å². The van der Waals surface area contributed by atoms with E-state index in [1.165, 1.54) is 24.3 Å². The van der Waals surface area contributed by atoms with Gasteiger partial charge in [0, 0.05) is 6.42 Å². The first-order valence-corrected chi connectivity index (χ1v) is 6.38. The Hall–Kier alpha value is -1.35. The summed E-state index contributed by atoms with van der Waals surface area (Å²) < 4.78 is 0. The maximum absolute atomic E-state index is 11.8. The summed E-state index contributed by atoms with van der Waals surface area (Å²) in [6, 6.07) is 9.35. The van der Waals surface area contributed by atoms with Crippen LogP contribution in [0.15, 0.2) is 30.3 Å². The third-order valence-corrected chi connectivity index (χ3v) is 2.80. The van der Waals surface area contributed by atoms with Crippen molar-refractivity contribution in [2.24, 2.45) is 5.84 Å². The van der Waals surface area contributed by atoms with Crippen molar-refractivity contribution in [2.75, 3.05) is 5.01 Å². The first kappa shape index (κ1) is 13.7. The third-order valence-electron chi connectivity index (χ3n) is 2.80. The molecule has 0 saturated heterocycles. The number of carbonyl (C=O) groups excluding carboxylic acids is 1. The highest BCUT2D eigenvalue weighted by Gasteiger charge is 2.10. The van der Waals surface area contributed by atoms with E-state index in [1.807, 2.05) is 30.3 Å². The number of amides is 1. The fourth-order valence-electron chi connectivity index (χ4n) is 1.73. The van der Waals surface area contributed by atoms with Crippen LogP contribution in [0.25, 0.3) is 0 Å². The number of unbranched alkanes of at least 4 members (excludes halogenated alkanes) is 4. The second-order valence-electron chi connectivity index (χ2n) is 4.26. The zero-order valence-electron chi connectivity index (χ0n) is 10.6. The Morgan fingerprint density at radius 2 is 1.76 bits per heavy atom. The topological polar surface area (TPSA) is 46.3 Å². The van der Waals surface area contributed by atoms with Crippen molar-refractivity contribution in [1.82, 2.24) is 0 Å². The van der Waals surface area contributed by atoms with Crippen molar-refractivity contribution in [1.29, 1.82) is 0 Å². The monoisotopic (exact) mass is 234 g/mol. The summed E-state index contributed by atoms with van der Waals surface area (Å²) in [7, 11) is 0.